The minimum absolute atomic E-state index is 0. The number of sulfonamides is 1. The lowest BCUT2D eigenvalue weighted by Gasteiger charge is -2.23. The van der Waals surface area contributed by atoms with E-state index in [0.717, 1.165) is 19.5 Å². The zero-order valence-corrected chi connectivity index (χ0v) is 17.1. The predicted octanol–water partition coefficient (Wildman–Crippen LogP) is 3.00. The lowest BCUT2D eigenvalue weighted by molar-refractivity contribution is 0.0743. The summed E-state index contributed by atoms with van der Waals surface area (Å²) in [6, 6.07) is 12.7. The Morgan fingerprint density at radius 2 is 1.85 bits per heavy atom. The summed E-state index contributed by atoms with van der Waals surface area (Å²) >= 11 is 6.00. The quantitative estimate of drug-likeness (QED) is 0.765. The van der Waals surface area contributed by atoms with Gasteiger partial charge in [-0.15, -0.1) is 12.4 Å². The first kappa shape index (κ1) is 21.5. The monoisotopic (exact) mass is 429 g/mol. The number of anilines is 1. The van der Waals surface area contributed by atoms with Crippen molar-refractivity contribution < 1.29 is 13.2 Å². The summed E-state index contributed by atoms with van der Waals surface area (Å²) in [5.41, 5.74) is 0.763. The van der Waals surface area contributed by atoms with E-state index < -0.39 is 10.0 Å². The van der Waals surface area contributed by atoms with Crippen LogP contribution in [0.25, 0.3) is 0 Å². The first-order chi connectivity index (χ1) is 12.4. The molecule has 2 aromatic rings. The van der Waals surface area contributed by atoms with Gasteiger partial charge in [-0.3, -0.25) is 9.52 Å². The molecule has 0 spiro atoms. The van der Waals surface area contributed by atoms with E-state index in [1.54, 1.807) is 36.2 Å². The molecule has 6 nitrogen and oxygen atoms in total. The normalized spacial score (nSPS) is 16.4. The van der Waals surface area contributed by atoms with Crippen molar-refractivity contribution in [2.45, 2.75) is 17.4 Å². The van der Waals surface area contributed by atoms with Crippen molar-refractivity contribution in [3.05, 3.63) is 59.1 Å². The second kappa shape index (κ2) is 8.93. The fraction of sp³-hybridized carbons (Fsp3) is 0.278. The summed E-state index contributed by atoms with van der Waals surface area (Å²) in [5, 5.41) is 3.54. The standard InChI is InChI=1S/C18H20ClN3O3S.ClH/c1-22(14-10-11-20-12-14)18(23)13-6-8-15(9-7-13)26(24,25)21-17-5-3-2-4-16(17)19;/h2-9,14,20-21H,10-12H2,1H3;1H. The maximum atomic E-state index is 12.5. The number of para-hydroxylation sites is 1. The second-order valence-corrected chi connectivity index (χ2v) is 8.26. The SMILES string of the molecule is CN(C(=O)c1ccc(S(=O)(=O)Nc2ccccc2Cl)cc1)C1CCNC1.Cl. The van der Waals surface area contributed by atoms with Crippen LogP contribution in [0, 0.1) is 0 Å². The van der Waals surface area contributed by atoms with Gasteiger partial charge in [0.2, 0.25) is 0 Å². The number of carbonyl (C=O) groups excluding carboxylic acids is 1. The number of hydrogen-bond donors (Lipinski definition) is 2. The molecule has 1 unspecified atom stereocenters. The van der Waals surface area contributed by atoms with E-state index in [1.165, 1.54) is 24.3 Å². The fourth-order valence-electron chi connectivity index (χ4n) is 2.86. The Morgan fingerprint density at radius 1 is 1.19 bits per heavy atom. The first-order valence-electron chi connectivity index (χ1n) is 8.24. The van der Waals surface area contributed by atoms with Crippen molar-refractivity contribution in [1.82, 2.24) is 10.2 Å². The van der Waals surface area contributed by atoms with Crippen LogP contribution in [-0.2, 0) is 10.0 Å². The minimum Gasteiger partial charge on any atom is -0.337 e. The van der Waals surface area contributed by atoms with Gasteiger partial charge in [-0.1, -0.05) is 23.7 Å². The maximum Gasteiger partial charge on any atom is 0.261 e. The molecular weight excluding hydrogens is 409 g/mol. The molecular formula is C18H21Cl2N3O3S. The lowest BCUT2D eigenvalue weighted by Crippen LogP contribution is -2.38. The molecule has 1 aliphatic heterocycles. The van der Waals surface area contributed by atoms with Gasteiger partial charge in [0.1, 0.15) is 0 Å². The Hall–Kier alpha value is -1.80. The number of nitrogens with zero attached hydrogens (tertiary/aromatic N) is 1. The van der Waals surface area contributed by atoms with Crippen LogP contribution in [0.15, 0.2) is 53.4 Å². The summed E-state index contributed by atoms with van der Waals surface area (Å²) in [6.07, 6.45) is 0.913. The van der Waals surface area contributed by atoms with Gasteiger partial charge in [-0.05, 0) is 49.4 Å². The number of likely N-dealkylation sites (N-methyl/N-ethyl adjacent to an activating group) is 1. The highest BCUT2D eigenvalue weighted by molar-refractivity contribution is 7.92. The molecule has 0 bridgehead atoms. The van der Waals surface area contributed by atoms with Crippen molar-refractivity contribution in [3.63, 3.8) is 0 Å². The summed E-state index contributed by atoms with van der Waals surface area (Å²) in [6.45, 7) is 1.67. The first-order valence-corrected chi connectivity index (χ1v) is 10.1. The Labute approximate surface area is 170 Å². The van der Waals surface area contributed by atoms with Crippen LogP contribution in [0.5, 0.6) is 0 Å². The van der Waals surface area contributed by atoms with E-state index in [1.807, 2.05) is 0 Å². The highest BCUT2D eigenvalue weighted by atomic mass is 35.5. The minimum atomic E-state index is -3.78. The molecule has 1 heterocycles. The zero-order chi connectivity index (χ0) is 18.7. The molecule has 0 aliphatic carbocycles. The Kier molecular flexibility index (Phi) is 7.11. The molecule has 0 aromatic heterocycles. The number of halogens is 2. The molecule has 27 heavy (non-hydrogen) atoms. The van der Waals surface area contributed by atoms with Gasteiger partial charge in [-0.25, -0.2) is 8.42 Å². The predicted molar refractivity (Wildman–Crippen MR) is 109 cm³/mol. The van der Waals surface area contributed by atoms with Crippen LogP contribution >= 0.6 is 24.0 Å². The van der Waals surface area contributed by atoms with Crippen molar-refractivity contribution in [3.8, 4) is 0 Å². The van der Waals surface area contributed by atoms with Crippen molar-refractivity contribution >= 4 is 45.6 Å². The smallest absolute Gasteiger partial charge is 0.261 e. The molecule has 1 amide bonds. The van der Waals surface area contributed by atoms with Crippen molar-refractivity contribution in [2.24, 2.45) is 0 Å². The van der Waals surface area contributed by atoms with Gasteiger partial charge in [0.25, 0.3) is 15.9 Å². The molecule has 1 aliphatic rings. The van der Waals surface area contributed by atoms with Gasteiger partial charge in [0.15, 0.2) is 0 Å². The van der Waals surface area contributed by atoms with Gasteiger partial charge < -0.3 is 10.2 Å². The van der Waals surface area contributed by atoms with Crippen LogP contribution in [0.2, 0.25) is 5.02 Å². The topological polar surface area (TPSA) is 78.5 Å². The van der Waals surface area contributed by atoms with Gasteiger partial charge >= 0.3 is 0 Å². The van der Waals surface area contributed by atoms with Crippen molar-refractivity contribution in [2.75, 3.05) is 24.9 Å². The molecule has 2 N–H and O–H groups in total. The number of amides is 1. The van der Waals surface area contributed by atoms with Gasteiger partial charge in [0, 0.05) is 25.2 Å². The number of nitrogens with one attached hydrogen (secondary N) is 2. The number of hydrogen-bond acceptors (Lipinski definition) is 4. The number of rotatable bonds is 5. The third kappa shape index (κ3) is 4.93. The van der Waals surface area contributed by atoms with E-state index in [4.69, 9.17) is 11.6 Å². The molecule has 0 radical (unpaired) electrons. The van der Waals surface area contributed by atoms with Crippen LogP contribution < -0.4 is 10.0 Å². The van der Waals surface area contributed by atoms with E-state index in [2.05, 4.69) is 10.0 Å². The largest absolute Gasteiger partial charge is 0.337 e. The highest BCUT2D eigenvalue weighted by Crippen LogP contribution is 2.24. The third-order valence-electron chi connectivity index (χ3n) is 4.43. The molecule has 1 fully saturated rings. The number of benzene rings is 2. The molecule has 146 valence electrons. The van der Waals surface area contributed by atoms with E-state index in [0.29, 0.717) is 16.3 Å². The fourth-order valence-corrected chi connectivity index (χ4v) is 4.18. The average Bonchev–Trinajstić information content (AvgIpc) is 3.17. The molecule has 1 saturated heterocycles. The van der Waals surface area contributed by atoms with Crippen LogP contribution in [0.4, 0.5) is 5.69 Å². The molecule has 9 heteroatoms. The van der Waals surface area contributed by atoms with E-state index in [-0.39, 0.29) is 29.3 Å². The average molecular weight is 430 g/mol. The lowest BCUT2D eigenvalue weighted by atomic mass is 10.1. The molecule has 2 aromatic carbocycles. The second-order valence-electron chi connectivity index (χ2n) is 6.17. The summed E-state index contributed by atoms with van der Waals surface area (Å²) in [5.74, 6) is -0.123. The number of carbonyl (C=O) groups is 1. The van der Waals surface area contributed by atoms with Crippen LogP contribution in [-0.4, -0.2) is 45.4 Å². The van der Waals surface area contributed by atoms with E-state index in [9.17, 15) is 13.2 Å². The molecule has 1 atom stereocenters. The Bertz CT molecular complexity index is 898. The van der Waals surface area contributed by atoms with Gasteiger partial charge in [0.05, 0.1) is 15.6 Å². The highest BCUT2D eigenvalue weighted by Gasteiger charge is 2.24. The summed E-state index contributed by atoms with van der Waals surface area (Å²) in [4.78, 5) is 14.3. The summed E-state index contributed by atoms with van der Waals surface area (Å²) < 4.78 is 27.5. The molecule has 0 saturated carbocycles. The molecule has 3 rings (SSSR count). The van der Waals surface area contributed by atoms with Gasteiger partial charge in [-0.2, -0.15) is 0 Å². The van der Waals surface area contributed by atoms with E-state index >= 15 is 0 Å². The Balaban J connectivity index is 0.00000261. The van der Waals surface area contributed by atoms with Crippen LogP contribution in [0.3, 0.4) is 0 Å². The maximum absolute atomic E-state index is 12.5. The third-order valence-corrected chi connectivity index (χ3v) is 6.14. The van der Waals surface area contributed by atoms with Crippen LogP contribution in [0.1, 0.15) is 16.8 Å². The Morgan fingerprint density at radius 3 is 2.44 bits per heavy atom. The summed E-state index contributed by atoms with van der Waals surface area (Å²) in [7, 11) is -2.02. The van der Waals surface area contributed by atoms with Crippen molar-refractivity contribution in [1.29, 1.82) is 0 Å². The zero-order valence-electron chi connectivity index (χ0n) is 14.7.